The van der Waals surface area contributed by atoms with Crippen LogP contribution >= 0.6 is 28.3 Å². The van der Waals surface area contributed by atoms with Crippen molar-refractivity contribution in [2.45, 2.75) is 31.7 Å². The second-order valence-electron chi connectivity index (χ2n) is 5.95. The van der Waals surface area contributed by atoms with E-state index in [4.69, 9.17) is 0 Å². The first kappa shape index (κ1) is 17.2. The third-order valence-corrected chi connectivity index (χ3v) is 5.32. The Morgan fingerprint density at radius 3 is 2.48 bits per heavy atom. The zero-order valence-electron chi connectivity index (χ0n) is 12.2. The van der Waals surface area contributed by atoms with Crippen LogP contribution in [-0.2, 0) is 0 Å². The number of hydrogen-bond acceptors (Lipinski definition) is 2. The summed E-state index contributed by atoms with van der Waals surface area (Å²) >= 11 is 3.26. The van der Waals surface area contributed by atoms with Crippen molar-refractivity contribution in [3.8, 4) is 0 Å². The Bertz CT molecular complexity index is 460. The quantitative estimate of drug-likeness (QED) is 0.851. The summed E-state index contributed by atoms with van der Waals surface area (Å²) in [5, 5.41) is 3.41. The van der Waals surface area contributed by atoms with E-state index >= 15 is 0 Å². The summed E-state index contributed by atoms with van der Waals surface area (Å²) in [5.74, 6) is 0.550. The Hall–Kier alpha value is -0.160. The maximum atomic E-state index is 13.9. The van der Waals surface area contributed by atoms with Gasteiger partial charge in [-0.1, -0.05) is 18.9 Å². The van der Waals surface area contributed by atoms with E-state index in [2.05, 4.69) is 32.2 Å². The molecule has 0 spiro atoms. The van der Waals surface area contributed by atoms with Gasteiger partial charge in [0.25, 0.3) is 0 Å². The molecule has 0 radical (unpaired) electrons. The molecule has 0 aromatic heterocycles. The lowest BCUT2D eigenvalue weighted by atomic mass is 9.89. The molecule has 2 nitrogen and oxygen atoms in total. The number of benzene rings is 1. The first-order valence-corrected chi connectivity index (χ1v) is 8.45. The lowest BCUT2D eigenvalue weighted by Gasteiger charge is -2.38. The second-order valence-corrected chi connectivity index (χ2v) is 6.80. The number of rotatable bonds is 3. The van der Waals surface area contributed by atoms with Crippen molar-refractivity contribution in [2.75, 3.05) is 26.2 Å². The predicted molar refractivity (Wildman–Crippen MR) is 90.5 cm³/mol. The molecule has 2 fully saturated rings. The summed E-state index contributed by atoms with van der Waals surface area (Å²) in [6, 6.07) is 6.07. The summed E-state index contributed by atoms with van der Waals surface area (Å²) in [7, 11) is 0. The molecule has 0 unspecified atom stereocenters. The Kier molecular flexibility index (Phi) is 6.48. The van der Waals surface area contributed by atoms with E-state index in [-0.39, 0.29) is 18.2 Å². The minimum absolute atomic E-state index is 0. The highest BCUT2D eigenvalue weighted by Gasteiger charge is 2.32. The van der Waals surface area contributed by atoms with Crippen LogP contribution in [0.1, 0.15) is 37.3 Å². The molecule has 0 amide bonds. The highest BCUT2D eigenvalue weighted by atomic mass is 79.9. The number of nitrogens with zero attached hydrogens (tertiary/aromatic N) is 1. The fourth-order valence-corrected chi connectivity index (χ4v) is 3.96. The van der Waals surface area contributed by atoms with Crippen molar-refractivity contribution in [3.05, 3.63) is 34.1 Å². The largest absolute Gasteiger partial charge is 0.314 e. The van der Waals surface area contributed by atoms with Gasteiger partial charge in [0.2, 0.25) is 0 Å². The Morgan fingerprint density at radius 2 is 1.86 bits per heavy atom. The van der Waals surface area contributed by atoms with Gasteiger partial charge in [0, 0.05) is 32.2 Å². The first-order chi connectivity index (χ1) is 9.75. The third kappa shape index (κ3) is 3.98. The SMILES string of the molecule is Cl.Fc1cc([C@@H](C2CCCC2)N2CCNCC2)ccc1Br. The standard InChI is InChI=1S/C16H22BrFN2.ClH/c17-14-6-5-13(11-15(14)18)16(12-3-1-2-4-12)20-9-7-19-8-10-20;/h5-6,11-12,16,19H,1-4,7-10H2;1H/t16-;/m1./s1. The second kappa shape index (κ2) is 7.91. The lowest BCUT2D eigenvalue weighted by molar-refractivity contribution is 0.125. The Balaban J connectivity index is 0.00000161. The van der Waals surface area contributed by atoms with Crippen LogP contribution in [0.2, 0.25) is 0 Å². The molecule has 1 N–H and O–H groups in total. The van der Waals surface area contributed by atoms with Crippen LogP contribution < -0.4 is 5.32 Å². The monoisotopic (exact) mass is 376 g/mol. The molecule has 21 heavy (non-hydrogen) atoms. The molecule has 3 rings (SSSR count). The van der Waals surface area contributed by atoms with Gasteiger partial charge in [0.1, 0.15) is 5.82 Å². The fourth-order valence-electron chi connectivity index (χ4n) is 3.71. The zero-order valence-corrected chi connectivity index (χ0v) is 14.6. The lowest BCUT2D eigenvalue weighted by Crippen LogP contribution is -2.46. The van der Waals surface area contributed by atoms with E-state index in [0.29, 0.717) is 16.4 Å². The van der Waals surface area contributed by atoms with Crippen LogP contribution in [0.15, 0.2) is 22.7 Å². The molecule has 1 heterocycles. The van der Waals surface area contributed by atoms with Gasteiger partial charge in [0.05, 0.1) is 4.47 Å². The summed E-state index contributed by atoms with van der Waals surface area (Å²) in [6.45, 7) is 4.22. The molecule has 118 valence electrons. The molecular weight excluding hydrogens is 355 g/mol. The van der Waals surface area contributed by atoms with E-state index in [9.17, 15) is 4.39 Å². The van der Waals surface area contributed by atoms with Gasteiger partial charge < -0.3 is 5.32 Å². The van der Waals surface area contributed by atoms with Crippen molar-refractivity contribution in [3.63, 3.8) is 0 Å². The summed E-state index contributed by atoms with van der Waals surface area (Å²) in [4.78, 5) is 2.55. The van der Waals surface area contributed by atoms with Crippen LogP contribution in [0.4, 0.5) is 4.39 Å². The molecule has 5 heteroatoms. The number of piperazine rings is 1. The number of halogens is 3. The average molecular weight is 378 g/mol. The van der Waals surface area contributed by atoms with Crippen molar-refractivity contribution in [1.82, 2.24) is 10.2 Å². The molecule has 1 saturated heterocycles. The molecule has 1 atom stereocenters. The van der Waals surface area contributed by atoms with E-state index in [1.54, 1.807) is 6.07 Å². The fraction of sp³-hybridized carbons (Fsp3) is 0.625. The Morgan fingerprint density at radius 1 is 1.19 bits per heavy atom. The summed E-state index contributed by atoms with van der Waals surface area (Å²) in [5.41, 5.74) is 1.15. The molecular formula is C16H23BrClFN2. The van der Waals surface area contributed by atoms with Gasteiger partial charge in [-0.05, 0) is 52.4 Å². The van der Waals surface area contributed by atoms with Crippen molar-refractivity contribution < 1.29 is 4.39 Å². The summed E-state index contributed by atoms with van der Waals surface area (Å²) < 4.78 is 14.5. The summed E-state index contributed by atoms with van der Waals surface area (Å²) in [6.07, 6.45) is 5.22. The van der Waals surface area contributed by atoms with E-state index in [1.807, 2.05) is 6.07 Å². The van der Waals surface area contributed by atoms with Crippen molar-refractivity contribution >= 4 is 28.3 Å². The molecule has 1 aromatic carbocycles. The minimum atomic E-state index is -0.138. The van der Waals surface area contributed by atoms with E-state index in [1.165, 1.54) is 25.7 Å². The van der Waals surface area contributed by atoms with E-state index < -0.39 is 0 Å². The van der Waals surface area contributed by atoms with Crippen molar-refractivity contribution in [1.29, 1.82) is 0 Å². The van der Waals surface area contributed by atoms with Crippen LogP contribution in [0.25, 0.3) is 0 Å². The minimum Gasteiger partial charge on any atom is -0.314 e. The highest BCUT2D eigenvalue weighted by Crippen LogP contribution is 2.40. The molecule has 1 aliphatic heterocycles. The normalized spacial score (nSPS) is 22.0. The molecule has 0 bridgehead atoms. The van der Waals surface area contributed by atoms with Gasteiger partial charge in [-0.2, -0.15) is 0 Å². The topological polar surface area (TPSA) is 15.3 Å². The van der Waals surface area contributed by atoms with Crippen LogP contribution in [-0.4, -0.2) is 31.1 Å². The van der Waals surface area contributed by atoms with Gasteiger partial charge >= 0.3 is 0 Å². The van der Waals surface area contributed by atoms with Crippen LogP contribution in [0, 0.1) is 11.7 Å². The smallest absolute Gasteiger partial charge is 0.137 e. The first-order valence-electron chi connectivity index (χ1n) is 7.65. The van der Waals surface area contributed by atoms with Gasteiger partial charge in [0.15, 0.2) is 0 Å². The van der Waals surface area contributed by atoms with Crippen LogP contribution in [0.5, 0.6) is 0 Å². The molecule has 1 aliphatic carbocycles. The van der Waals surface area contributed by atoms with Crippen molar-refractivity contribution in [2.24, 2.45) is 5.92 Å². The molecule has 1 aromatic rings. The predicted octanol–water partition coefficient (Wildman–Crippen LogP) is 4.15. The van der Waals surface area contributed by atoms with Gasteiger partial charge in [-0.3, -0.25) is 4.90 Å². The van der Waals surface area contributed by atoms with Gasteiger partial charge in [-0.25, -0.2) is 4.39 Å². The highest BCUT2D eigenvalue weighted by molar-refractivity contribution is 9.10. The van der Waals surface area contributed by atoms with E-state index in [0.717, 1.165) is 31.7 Å². The van der Waals surface area contributed by atoms with Gasteiger partial charge in [-0.15, -0.1) is 12.4 Å². The third-order valence-electron chi connectivity index (χ3n) is 4.68. The maximum absolute atomic E-state index is 13.9. The zero-order chi connectivity index (χ0) is 13.9. The molecule has 1 saturated carbocycles. The number of hydrogen-bond donors (Lipinski definition) is 1. The molecule has 2 aliphatic rings. The van der Waals surface area contributed by atoms with Crippen LogP contribution in [0.3, 0.4) is 0 Å². The Labute approximate surface area is 141 Å². The average Bonchev–Trinajstić information content (AvgIpc) is 2.98. The maximum Gasteiger partial charge on any atom is 0.137 e. The number of nitrogens with one attached hydrogen (secondary N) is 1.